The molecule has 19 heavy (non-hydrogen) atoms. The van der Waals surface area contributed by atoms with E-state index in [1.807, 2.05) is 11.5 Å². The molecule has 0 aliphatic carbocycles. The molecule has 2 aromatic rings. The molecule has 102 valence electrons. The van der Waals surface area contributed by atoms with Crippen LogP contribution in [0.4, 0.5) is 10.2 Å². The third-order valence-electron chi connectivity index (χ3n) is 3.13. The van der Waals surface area contributed by atoms with Gasteiger partial charge < -0.3 is 10.3 Å². The summed E-state index contributed by atoms with van der Waals surface area (Å²) in [7, 11) is 0. The smallest absolute Gasteiger partial charge is 0.142 e. The largest absolute Gasteiger partial charge is 0.383 e. The summed E-state index contributed by atoms with van der Waals surface area (Å²) in [5, 5.41) is 0.101. The molecule has 0 bridgehead atoms. The van der Waals surface area contributed by atoms with Gasteiger partial charge in [-0.25, -0.2) is 9.37 Å². The summed E-state index contributed by atoms with van der Waals surface area (Å²) < 4.78 is 15.5. The van der Waals surface area contributed by atoms with E-state index < -0.39 is 5.82 Å². The first-order valence-corrected chi connectivity index (χ1v) is 6.70. The van der Waals surface area contributed by atoms with Crippen LogP contribution in [0.2, 0.25) is 5.02 Å². The number of nitrogen functional groups attached to an aromatic ring is 1. The zero-order valence-electron chi connectivity index (χ0n) is 11.1. The van der Waals surface area contributed by atoms with Gasteiger partial charge in [-0.15, -0.1) is 0 Å². The monoisotopic (exact) mass is 281 g/mol. The van der Waals surface area contributed by atoms with E-state index in [1.54, 1.807) is 6.07 Å². The highest BCUT2D eigenvalue weighted by Gasteiger charge is 2.14. The lowest BCUT2D eigenvalue weighted by molar-refractivity contribution is 0.622. The van der Waals surface area contributed by atoms with E-state index >= 15 is 0 Å². The SMILES string of the molecule is CCCCn1c(C)nc(-c2ccc(Cl)c(F)c2)c1N. The van der Waals surface area contributed by atoms with Crippen molar-refractivity contribution in [2.75, 3.05) is 5.73 Å². The van der Waals surface area contributed by atoms with Gasteiger partial charge in [-0.2, -0.15) is 0 Å². The van der Waals surface area contributed by atoms with Crippen molar-refractivity contribution < 1.29 is 4.39 Å². The number of aryl methyl sites for hydroxylation is 1. The molecule has 3 nitrogen and oxygen atoms in total. The van der Waals surface area contributed by atoms with Crippen molar-refractivity contribution in [3.05, 3.63) is 34.9 Å². The van der Waals surface area contributed by atoms with Gasteiger partial charge in [0.05, 0.1) is 5.02 Å². The minimum Gasteiger partial charge on any atom is -0.383 e. The molecule has 2 N–H and O–H groups in total. The van der Waals surface area contributed by atoms with Crippen LogP contribution in [0, 0.1) is 12.7 Å². The first kappa shape index (κ1) is 13.9. The summed E-state index contributed by atoms with van der Waals surface area (Å²) in [5.74, 6) is 0.961. The van der Waals surface area contributed by atoms with E-state index in [0.29, 0.717) is 17.1 Å². The van der Waals surface area contributed by atoms with Crippen molar-refractivity contribution in [2.45, 2.75) is 33.2 Å². The van der Waals surface area contributed by atoms with E-state index in [1.165, 1.54) is 12.1 Å². The number of hydrogen-bond donors (Lipinski definition) is 1. The second kappa shape index (κ2) is 5.61. The molecule has 0 radical (unpaired) electrons. The Hall–Kier alpha value is -1.55. The number of nitrogens with zero attached hydrogens (tertiary/aromatic N) is 2. The second-order valence-electron chi connectivity index (χ2n) is 4.53. The molecule has 0 aliphatic heterocycles. The predicted molar refractivity (Wildman–Crippen MR) is 76.7 cm³/mol. The van der Waals surface area contributed by atoms with Crippen LogP contribution >= 0.6 is 11.6 Å². The summed E-state index contributed by atoms with van der Waals surface area (Å²) in [6.07, 6.45) is 2.12. The average Bonchev–Trinajstić information content (AvgIpc) is 2.66. The van der Waals surface area contributed by atoms with Crippen molar-refractivity contribution in [3.8, 4) is 11.3 Å². The molecular formula is C14H17ClFN3. The number of anilines is 1. The standard InChI is InChI=1S/C14H17ClFN3/c1-3-4-7-19-9(2)18-13(14(19)17)10-5-6-11(15)12(16)8-10/h5-6,8H,3-4,7,17H2,1-2H3. The molecule has 1 aromatic carbocycles. The van der Waals surface area contributed by atoms with Crippen molar-refractivity contribution in [1.82, 2.24) is 9.55 Å². The zero-order chi connectivity index (χ0) is 14.0. The number of imidazole rings is 1. The lowest BCUT2D eigenvalue weighted by atomic mass is 10.1. The Morgan fingerprint density at radius 2 is 2.16 bits per heavy atom. The molecule has 0 fully saturated rings. The number of aromatic nitrogens is 2. The Balaban J connectivity index is 2.42. The van der Waals surface area contributed by atoms with E-state index in [4.69, 9.17) is 17.3 Å². The van der Waals surface area contributed by atoms with E-state index in [9.17, 15) is 4.39 Å². The zero-order valence-corrected chi connectivity index (χ0v) is 11.8. The lowest BCUT2D eigenvalue weighted by Crippen LogP contribution is -2.04. The van der Waals surface area contributed by atoms with Gasteiger partial charge in [-0.1, -0.05) is 31.0 Å². The Bertz CT molecular complexity index is 593. The predicted octanol–water partition coefficient (Wildman–Crippen LogP) is 4.03. The molecule has 0 unspecified atom stereocenters. The molecule has 0 saturated carbocycles. The summed E-state index contributed by atoms with van der Waals surface area (Å²) in [6.45, 7) is 4.86. The summed E-state index contributed by atoms with van der Waals surface area (Å²) in [6, 6.07) is 4.62. The fourth-order valence-corrected chi connectivity index (χ4v) is 2.15. The number of halogens is 2. The molecule has 0 atom stereocenters. The van der Waals surface area contributed by atoms with Gasteiger partial charge in [0.25, 0.3) is 0 Å². The highest BCUT2D eigenvalue weighted by molar-refractivity contribution is 6.30. The first-order chi connectivity index (χ1) is 9.04. The van der Waals surface area contributed by atoms with Gasteiger partial charge in [-0.3, -0.25) is 0 Å². The molecule has 0 aliphatic rings. The van der Waals surface area contributed by atoms with E-state index in [-0.39, 0.29) is 5.02 Å². The lowest BCUT2D eigenvalue weighted by Gasteiger charge is -2.06. The Morgan fingerprint density at radius 3 is 2.79 bits per heavy atom. The molecule has 1 heterocycles. The molecule has 1 aromatic heterocycles. The van der Waals surface area contributed by atoms with Crippen LogP contribution in [-0.4, -0.2) is 9.55 Å². The fraction of sp³-hybridized carbons (Fsp3) is 0.357. The molecule has 0 spiro atoms. The third kappa shape index (κ3) is 2.73. The topological polar surface area (TPSA) is 43.8 Å². The number of benzene rings is 1. The van der Waals surface area contributed by atoms with Crippen LogP contribution in [0.1, 0.15) is 25.6 Å². The maximum absolute atomic E-state index is 13.5. The summed E-state index contributed by atoms with van der Waals surface area (Å²) in [5.41, 5.74) is 7.38. The molecule has 2 rings (SSSR count). The summed E-state index contributed by atoms with van der Waals surface area (Å²) >= 11 is 5.68. The van der Waals surface area contributed by atoms with E-state index in [0.717, 1.165) is 25.2 Å². The average molecular weight is 282 g/mol. The third-order valence-corrected chi connectivity index (χ3v) is 3.43. The Labute approximate surface area is 117 Å². The number of hydrogen-bond acceptors (Lipinski definition) is 2. The van der Waals surface area contributed by atoms with Crippen molar-refractivity contribution in [1.29, 1.82) is 0 Å². The van der Waals surface area contributed by atoms with Crippen molar-refractivity contribution in [3.63, 3.8) is 0 Å². The van der Waals surface area contributed by atoms with Gasteiger partial charge in [0.2, 0.25) is 0 Å². The van der Waals surface area contributed by atoms with Gasteiger partial charge in [0.1, 0.15) is 23.2 Å². The van der Waals surface area contributed by atoms with Crippen LogP contribution in [0.25, 0.3) is 11.3 Å². The maximum atomic E-state index is 13.5. The van der Waals surface area contributed by atoms with Crippen LogP contribution in [0.5, 0.6) is 0 Å². The minimum atomic E-state index is -0.459. The van der Waals surface area contributed by atoms with Crippen molar-refractivity contribution in [2.24, 2.45) is 0 Å². The summed E-state index contributed by atoms with van der Waals surface area (Å²) in [4.78, 5) is 4.43. The normalized spacial score (nSPS) is 10.9. The quantitative estimate of drug-likeness (QED) is 0.919. The van der Waals surface area contributed by atoms with Crippen LogP contribution in [0.15, 0.2) is 18.2 Å². The first-order valence-electron chi connectivity index (χ1n) is 6.32. The maximum Gasteiger partial charge on any atom is 0.142 e. The van der Waals surface area contributed by atoms with Crippen molar-refractivity contribution >= 4 is 17.4 Å². The highest BCUT2D eigenvalue weighted by atomic mass is 35.5. The van der Waals surface area contributed by atoms with E-state index in [2.05, 4.69) is 11.9 Å². The number of unbranched alkanes of at least 4 members (excludes halogenated alkanes) is 1. The number of nitrogens with two attached hydrogens (primary N) is 1. The minimum absolute atomic E-state index is 0.101. The second-order valence-corrected chi connectivity index (χ2v) is 4.93. The number of rotatable bonds is 4. The van der Waals surface area contributed by atoms with Crippen LogP contribution in [0.3, 0.4) is 0 Å². The fourth-order valence-electron chi connectivity index (χ4n) is 2.04. The highest BCUT2D eigenvalue weighted by Crippen LogP contribution is 2.29. The van der Waals surface area contributed by atoms with Gasteiger partial charge in [-0.05, 0) is 25.5 Å². The Kier molecular flexibility index (Phi) is 4.10. The molecule has 0 saturated heterocycles. The van der Waals surface area contributed by atoms with Crippen LogP contribution in [-0.2, 0) is 6.54 Å². The van der Waals surface area contributed by atoms with Gasteiger partial charge in [0.15, 0.2) is 0 Å². The van der Waals surface area contributed by atoms with Gasteiger partial charge in [0, 0.05) is 12.1 Å². The van der Waals surface area contributed by atoms with Crippen LogP contribution < -0.4 is 5.73 Å². The molecule has 5 heteroatoms. The Morgan fingerprint density at radius 1 is 1.42 bits per heavy atom. The van der Waals surface area contributed by atoms with Gasteiger partial charge >= 0.3 is 0 Å². The molecule has 0 amide bonds. The molecular weight excluding hydrogens is 265 g/mol.